The van der Waals surface area contributed by atoms with Crippen LogP contribution in [0.1, 0.15) is 310 Å². The van der Waals surface area contributed by atoms with Crippen molar-refractivity contribution >= 4 is 39.5 Å². The molecule has 0 aromatic heterocycles. The van der Waals surface area contributed by atoms with Crippen molar-refractivity contribution in [2.24, 2.45) is 0 Å². The van der Waals surface area contributed by atoms with Gasteiger partial charge < -0.3 is 33.8 Å². The molecule has 17 nitrogen and oxygen atoms in total. The molecule has 19 heteroatoms. The fraction of sp³-hybridized carbons (Fsp3) is 0.722. The van der Waals surface area contributed by atoms with E-state index in [4.69, 9.17) is 37.0 Å². The van der Waals surface area contributed by atoms with Gasteiger partial charge in [-0.2, -0.15) is 0 Å². The molecule has 0 aromatic rings. The van der Waals surface area contributed by atoms with Crippen molar-refractivity contribution in [2.75, 3.05) is 39.6 Å². The minimum Gasteiger partial charge on any atom is -0.462 e. The van der Waals surface area contributed by atoms with E-state index < -0.39 is 97.5 Å². The number of allylic oxidation sites excluding steroid dienone is 18. The number of esters is 4. The second kappa shape index (κ2) is 71.1. The van der Waals surface area contributed by atoms with E-state index in [-0.39, 0.29) is 25.7 Å². The Kier molecular flexibility index (Phi) is 68.0. The molecule has 0 amide bonds. The molecular weight excluding hydrogens is 1280 g/mol. The summed E-state index contributed by atoms with van der Waals surface area (Å²) >= 11 is 0. The van der Waals surface area contributed by atoms with Crippen molar-refractivity contribution in [2.45, 2.75) is 329 Å². The number of ether oxygens (including phenoxy) is 4. The first kappa shape index (κ1) is 93.7. The Balaban J connectivity index is 5.37. The summed E-state index contributed by atoms with van der Waals surface area (Å²) in [7, 11) is -9.96. The van der Waals surface area contributed by atoms with Crippen LogP contribution in [0.25, 0.3) is 0 Å². The first-order valence-corrected chi connectivity index (χ1v) is 41.1. The Bertz CT molecular complexity index is 2290. The zero-order valence-electron chi connectivity index (χ0n) is 61.4. The SMILES string of the molecule is CC/C=C\C/C=C\C/C=C\C/C=C\CCCCC(=O)OC(COC(=O)CCCCCCCCC/C=C\C/C=C\C/C=C\CC)COP(=O)(O)OCC(O)COP(=O)(O)OCC(COC(=O)CCCCCCC/C=C\C/C=C\CCCCC)OC(=O)CCCCCCCCCCCCC. The zero-order chi connectivity index (χ0) is 71.8. The third-order valence-electron chi connectivity index (χ3n) is 15.7. The average Bonchev–Trinajstić information content (AvgIpc) is 0.980. The van der Waals surface area contributed by atoms with E-state index in [0.717, 1.165) is 167 Å². The largest absolute Gasteiger partial charge is 0.472 e. The molecular formula is C79H136O17P2. The van der Waals surface area contributed by atoms with Crippen LogP contribution in [0.2, 0.25) is 0 Å². The minimum absolute atomic E-state index is 0.0392. The first-order valence-electron chi connectivity index (χ1n) is 38.1. The summed E-state index contributed by atoms with van der Waals surface area (Å²) in [5.41, 5.74) is 0. The fourth-order valence-corrected chi connectivity index (χ4v) is 11.5. The Hall–Kier alpha value is -4.28. The van der Waals surface area contributed by atoms with Crippen molar-refractivity contribution in [1.82, 2.24) is 0 Å². The number of hydrogen-bond donors (Lipinski definition) is 3. The second-order valence-corrected chi connectivity index (χ2v) is 28.1. The second-order valence-electron chi connectivity index (χ2n) is 25.2. The van der Waals surface area contributed by atoms with Crippen molar-refractivity contribution in [3.8, 4) is 0 Å². The summed E-state index contributed by atoms with van der Waals surface area (Å²) in [5.74, 6) is -2.24. The number of aliphatic hydroxyl groups excluding tert-OH is 1. The number of carbonyl (C=O) groups is 4. The van der Waals surface area contributed by atoms with E-state index in [0.29, 0.717) is 32.1 Å². The minimum atomic E-state index is -4.99. The molecule has 5 unspecified atom stereocenters. The van der Waals surface area contributed by atoms with Crippen molar-refractivity contribution in [3.63, 3.8) is 0 Å². The Morgan fingerprint density at radius 3 is 0.857 bits per heavy atom. The maximum absolute atomic E-state index is 13.1. The van der Waals surface area contributed by atoms with Gasteiger partial charge in [-0.3, -0.25) is 37.3 Å². The summed E-state index contributed by atoms with van der Waals surface area (Å²) < 4.78 is 68.4. The summed E-state index contributed by atoms with van der Waals surface area (Å²) in [4.78, 5) is 72.8. The van der Waals surface area contributed by atoms with Crippen LogP contribution in [0.5, 0.6) is 0 Å². The molecule has 0 saturated carbocycles. The number of rotatable bonds is 71. The molecule has 0 aliphatic carbocycles. The fourth-order valence-electron chi connectivity index (χ4n) is 9.96. The van der Waals surface area contributed by atoms with Gasteiger partial charge in [-0.25, -0.2) is 9.13 Å². The van der Waals surface area contributed by atoms with Gasteiger partial charge in [0.2, 0.25) is 0 Å². The van der Waals surface area contributed by atoms with Gasteiger partial charge in [0, 0.05) is 25.7 Å². The van der Waals surface area contributed by atoms with E-state index in [1.54, 1.807) is 0 Å². The molecule has 0 aliphatic heterocycles. The Morgan fingerprint density at radius 1 is 0.296 bits per heavy atom. The summed E-state index contributed by atoms with van der Waals surface area (Å²) in [5, 5.41) is 10.6. The van der Waals surface area contributed by atoms with Gasteiger partial charge >= 0.3 is 39.5 Å². The zero-order valence-corrected chi connectivity index (χ0v) is 63.2. The normalized spacial score (nSPS) is 14.6. The average molecular weight is 1420 g/mol. The standard InChI is InChI=1S/C79H136O17P2/c1-5-9-13-17-21-25-29-32-35-36-39-41-45-48-52-56-60-64-77(82)90-70-75(96-79(84)66-62-58-54-50-46-42-38-34-31-27-23-19-15-11-7-3)72-94-98(87,88)92-68-73(80)67-91-97(85,86)93-71-74(95-78(83)65-61-57-53-49-43-28-24-20-16-12-8-4)69-89-76(81)63-59-55-51-47-44-40-37-33-30-26-22-18-14-10-6-2/h9,11,13,15,21-23,25-27,32-35,37-38,46,50,73-75,80H,5-8,10,12,14,16-20,24,28-31,36,39-45,47-49,51-72H2,1-4H3,(H,85,86)(H,87,88)/b13-9-,15-11-,25-21-,26-22-,27-23-,35-32-,37-33-,38-34-,50-46-. The van der Waals surface area contributed by atoms with Gasteiger partial charge in [-0.15, -0.1) is 0 Å². The first-order chi connectivity index (χ1) is 47.7. The van der Waals surface area contributed by atoms with Crippen LogP contribution in [-0.2, 0) is 65.4 Å². The highest BCUT2D eigenvalue weighted by Gasteiger charge is 2.30. The van der Waals surface area contributed by atoms with E-state index in [9.17, 15) is 43.2 Å². The van der Waals surface area contributed by atoms with Gasteiger partial charge in [0.25, 0.3) is 0 Å². The lowest BCUT2D eigenvalue weighted by molar-refractivity contribution is -0.161. The Labute approximate surface area is 594 Å². The smallest absolute Gasteiger partial charge is 0.462 e. The summed E-state index contributed by atoms with van der Waals surface area (Å²) in [6.45, 7) is 4.55. The van der Waals surface area contributed by atoms with Crippen LogP contribution in [0.3, 0.4) is 0 Å². The molecule has 0 saturated heterocycles. The van der Waals surface area contributed by atoms with Crippen LogP contribution in [0.4, 0.5) is 0 Å². The molecule has 0 aliphatic rings. The molecule has 0 bridgehead atoms. The summed E-state index contributed by atoms with van der Waals surface area (Å²) in [6, 6.07) is 0. The highest BCUT2D eigenvalue weighted by atomic mass is 31.2. The quantitative estimate of drug-likeness (QED) is 0.0169. The number of aliphatic hydroxyl groups is 1. The third kappa shape index (κ3) is 70.2. The van der Waals surface area contributed by atoms with Crippen LogP contribution < -0.4 is 0 Å². The van der Waals surface area contributed by atoms with Gasteiger partial charge in [-0.05, 0) is 128 Å². The van der Waals surface area contributed by atoms with E-state index in [1.807, 2.05) is 0 Å². The molecule has 5 atom stereocenters. The predicted molar refractivity (Wildman–Crippen MR) is 399 cm³/mol. The number of phosphoric ester groups is 2. The van der Waals surface area contributed by atoms with Gasteiger partial charge in [0.15, 0.2) is 12.2 Å². The summed E-state index contributed by atoms with van der Waals surface area (Å²) in [6.07, 6.45) is 75.1. The number of unbranched alkanes of at least 4 members (excludes halogenated alkanes) is 27. The molecule has 0 aromatic carbocycles. The van der Waals surface area contributed by atoms with E-state index >= 15 is 0 Å². The van der Waals surface area contributed by atoms with Crippen LogP contribution >= 0.6 is 15.6 Å². The van der Waals surface area contributed by atoms with Crippen LogP contribution in [0.15, 0.2) is 109 Å². The van der Waals surface area contributed by atoms with Crippen molar-refractivity contribution in [1.29, 1.82) is 0 Å². The van der Waals surface area contributed by atoms with E-state index in [2.05, 4.69) is 137 Å². The molecule has 564 valence electrons. The highest BCUT2D eigenvalue weighted by Crippen LogP contribution is 2.45. The maximum Gasteiger partial charge on any atom is 0.472 e. The Morgan fingerprint density at radius 2 is 0.531 bits per heavy atom. The molecule has 3 N–H and O–H groups in total. The number of hydrogen-bond acceptors (Lipinski definition) is 15. The molecule has 0 rings (SSSR count). The van der Waals surface area contributed by atoms with Gasteiger partial charge in [0.1, 0.15) is 19.3 Å². The molecule has 0 heterocycles. The van der Waals surface area contributed by atoms with Crippen LogP contribution in [-0.4, -0.2) is 96.7 Å². The lowest BCUT2D eigenvalue weighted by Crippen LogP contribution is -2.30. The molecule has 0 spiro atoms. The van der Waals surface area contributed by atoms with Crippen LogP contribution in [0, 0.1) is 0 Å². The third-order valence-corrected chi connectivity index (χ3v) is 17.6. The predicted octanol–water partition coefficient (Wildman–Crippen LogP) is 21.8. The highest BCUT2D eigenvalue weighted by molar-refractivity contribution is 7.47. The lowest BCUT2D eigenvalue weighted by Gasteiger charge is -2.21. The molecule has 98 heavy (non-hydrogen) atoms. The number of carbonyl (C=O) groups excluding carboxylic acids is 4. The topological polar surface area (TPSA) is 237 Å². The maximum atomic E-state index is 13.1. The molecule has 0 radical (unpaired) electrons. The van der Waals surface area contributed by atoms with Crippen molar-refractivity contribution < 1.29 is 80.2 Å². The van der Waals surface area contributed by atoms with Crippen molar-refractivity contribution in [3.05, 3.63) is 109 Å². The number of phosphoric acid groups is 2. The van der Waals surface area contributed by atoms with Gasteiger partial charge in [0.05, 0.1) is 26.4 Å². The monoisotopic (exact) mass is 1420 g/mol. The van der Waals surface area contributed by atoms with Gasteiger partial charge in [-0.1, -0.05) is 265 Å². The van der Waals surface area contributed by atoms with E-state index in [1.165, 1.54) is 57.8 Å². The lowest BCUT2D eigenvalue weighted by atomic mass is 10.1. The molecule has 0 fully saturated rings.